The Morgan fingerprint density at radius 3 is 1.71 bits per heavy atom. The van der Waals surface area contributed by atoms with Gasteiger partial charge in [-0.25, -0.2) is 0 Å². The van der Waals surface area contributed by atoms with E-state index in [1.165, 1.54) is 23.2 Å². The molecule has 1 aliphatic heterocycles. The van der Waals surface area contributed by atoms with Crippen molar-refractivity contribution in [3.63, 3.8) is 0 Å². The van der Waals surface area contributed by atoms with Gasteiger partial charge in [0.2, 0.25) is 0 Å². The van der Waals surface area contributed by atoms with Crippen molar-refractivity contribution in [2.45, 2.75) is 79.2 Å². The maximum Gasteiger partial charge on any atom is 0.188 e. The van der Waals surface area contributed by atoms with Crippen LogP contribution >= 0.6 is 0 Å². The number of para-hydroxylation sites is 1. The Kier molecular flexibility index (Phi) is 4.28. The number of nitrogens with zero attached hydrogens (tertiary/aromatic N) is 1. The summed E-state index contributed by atoms with van der Waals surface area (Å²) < 4.78 is 0. The van der Waals surface area contributed by atoms with Crippen LogP contribution in [0.3, 0.4) is 0 Å². The highest BCUT2D eigenvalue weighted by Crippen LogP contribution is 2.47. The van der Waals surface area contributed by atoms with Gasteiger partial charge >= 0.3 is 0 Å². The molecule has 1 fully saturated rings. The van der Waals surface area contributed by atoms with Gasteiger partial charge in [0.15, 0.2) is 5.69 Å². The lowest BCUT2D eigenvalue weighted by Crippen LogP contribution is -2.40. The van der Waals surface area contributed by atoms with Gasteiger partial charge in [0.1, 0.15) is 12.1 Å². The van der Waals surface area contributed by atoms with E-state index < -0.39 is 0 Å². The van der Waals surface area contributed by atoms with E-state index in [1.54, 1.807) is 0 Å². The average molecular weight is 287 g/mol. The molecule has 1 nitrogen and oxygen atoms in total. The van der Waals surface area contributed by atoms with E-state index >= 15 is 0 Å². The van der Waals surface area contributed by atoms with Gasteiger partial charge in [0, 0.05) is 23.0 Å². The van der Waals surface area contributed by atoms with Crippen LogP contribution < -0.4 is 4.90 Å². The number of hydrogen-bond donors (Lipinski definition) is 0. The highest BCUT2D eigenvalue weighted by molar-refractivity contribution is 5.58. The lowest BCUT2D eigenvalue weighted by molar-refractivity contribution is 0.348. The maximum absolute atomic E-state index is 2.69. The summed E-state index contributed by atoms with van der Waals surface area (Å²) in [6, 6.07) is 6.89. The summed E-state index contributed by atoms with van der Waals surface area (Å²) in [5.41, 5.74) is 5.15. The first-order valence-electron chi connectivity index (χ1n) is 8.45. The third-order valence-corrected chi connectivity index (χ3v) is 4.84. The number of rotatable bonds is 3. The van der Waals surface area contributed by atoms with E-state index in [1.807, 2.05) is 0 Å². The third-order valence-electron chi connectivity index (χ3n) is 4.84. The van der Waals surface area contributed by atoms with Crippen molar-refractivity contribution in [3.8, 4) is 0 Å². The Labute approximate surface area is 131 Å². The van der Waals surface area contributed by atoms with Crippen molar-refractivity contribution in [2.24, 2.45) is 5.41 Å². The van der Waals surface area contributed by atoms with E-state index in [2.05, 4.69) is 78.5 Å². The van der Waals surface area contributed by atoms with E-state index in [0.29, 0.717) is 17.3 Å². The summed E-state index contributed by atoms with van der Waals surface area (Å²) in [6.07, 6.45) is 1.25. The van der Waals surface area contributed by atoms with Crippen LogP contribution in [0, 0.1) is 5.41 Å². The molecular formula is C20H33N+. The Bertz CT molecular complexity index is 482. The number of hydrogen-bond acceptors (Lipinski definition) is 1. The molecule has 0 atom stereocenters. The first kappa shape index (κ1) is 16.5. The highest BCUT2D eigenvalue weighted by Gasteiger charge is 2.53. The van der Waals surface area contributed by atoms with Gasteiger partial charge in [-0.2, -0.15) is 0 Å². The van der Waals surface area contributed by atoms with Crippen LogP contribution in [0.1, 0.15) is 84.8 Å². The fourth-order valence-corrected chi connectivity index (χ4v) is 4.17. The van der Waals surface area contributed by atoms with E-state index in [-0.39, 0.29) is 5.54 Å². The third kappa shape index (κ3) is 3.18. The molecule has 1 heteroatoms. The molecule has 0 aromatic heterocycles. The highest BCUT2D eigenvalue weighted by atomic mass is 15.2. The molecule has 1 aromatic carbocycles. The topological polar surface area (TPSA) is 5.90 Å². The molecule has 1 heterocycles. The van der Waals surface area contributed by atoms with Crippen LogP contribution in [0.4, 0.5) is 5.69 Å². The second-order valence-electron chi connectivity index (χ2n) is 8.83. The van der Waals surface area contributed by atoms with Crippen molar-refractivity contribution in [2.75, 3.05) is 6.54 Å². The molecule has 21 heavy (non-hydrogen) atoms. The quantitative estimate of drug-likeness (QED) is 0.609. The summed E-state index contributed by atoms with van der Waals surface area (Å²) in [4.78, 5) is 2.69. The number of anilines is 1. The largest absolute Gasteiger partial charge is 0.188 e. The van der Waals surface area contributed by atoms with Crippen LogP contribution in [0.15, 0.2) is 18.2 Å². The molecule has 1 aromatic rings. The summed E-state index contributed by atoms with van der Waals surface area (Å²) in [7, 11) is 0. The van der Waals surface area contributed by atoms with E-state index in [9.17, 15) is 0 Å². The van der Waals surface area contributed by atoms with Crippen LogP contribution in [-0.4, -0.2) is 12.1 Å². The minimum absolute atomic E-state index is 0.234. The van der Waals surface area contributed by atoms with Crippen LogP contribution in [-0.2, 0) is 0 Å². The Balaban J connectivity index is 2.61. The molecule has 0 amide bonds. The van der Waals surface area contributed by atoms with Crippen LogP contribution in [0.25, 0.3) is 0 Å². The molecule has 117 valence electrons. The van der Waals surface area contributed by atoms with E-state index in [4.69, 9.17) is 0 Å². The lowest BCUT2D eigenvalue weighted by Gasteiger charge is -2.26. The standard InChI is InChI=1S/C20H33N/c1-14(2)16-10-9-11-17(15(3)4)18(16)21-13-19(5,6)12-20(21,7)8/h9-11,14-15H,12-13H2,1-8H3/q+1. The zero-order valence-corrected chi connectivity index (χ0v) is 15.2. The number of benzene rings is 1. The summed E-state index contributed by atoms with van der Waals surface area (Å²) in [6.45, 7) is 20.0. The molecule has 0 saturated carbocycles. The van der Waals surface area contributed by atoms with E-state index in [0.717, 1.165) is 6.54 Å². The fraction of sp³-hybridized carbons (Fsp3) is 0.700. The van der Waals surface area contributed by atoms with Gasteiger partial charge in [0.25, 0.3) is 0 Å². The predicted molar refractivity (Wildman–Crippen MR) is 93.8 cm³/mol. The molecule has 0 aliphatic carbocycles. The Hall–Kier alpha value is -0.820. The molecule has 1 saturated heterocycles. The smallest absolute Gasteiger partial charge is 0.128 e. The van der Waals surface area contributed by atoms with Crippen LogP contribution in [0.5, 0.6) is 0 Å². The fourth-order valence-electron chi connectivity index (χ4n) is 4.17. The maximum atomic E-state index is 2.69. The molecule has 0 spiro atoms. The van der Waals surface area contributed by atoms with Crippen molar-refractivity contribution in [1.29, 1.82) is 0 Å². The van der Waals surface area contributed by atoms with Gasteiger partial charge < -0.3 is 0 Å². The Morgan fingerprint density at radius 1 is 0.905 bits per heavy atom. The summed E-state index contributed by atoms with van der Waals surface area (Å²) in [5.74, 6) is 1.14. The van der Waals surface area contributed by atoms with Crippen LogP contribution in [0.2, 0.25) is 0 Å². The normalized spacial score (nSPS) is 21.4. The van der Waals surface area contributed by atoms with Gasteiger partial charge in [-0.3, -0.25) is 0 Å². The second kappa shape index (κ2) is 5.43. The molecule has 2 rings (SSSR count). The molecular weight excluding hydrogens is 254 g/mol. The summed E-state index contributed by atoms with van der Waals surface area (Å²) in [5, 5.41) is 0. The Morgan fingerprint density at radius 2 is 1.38 bits per heavy atom. The predicted octanol–water partition coefficient (Wildman–Crippen LogP) is 5.91. The first-order chi connectivity index (χ1) is 9.55. The van der Waals surface area contributed by atoms with Crippen molar-refractivity contribution >= 4 is 5.69 Å². The molecule has 0 unspecified atom stereocenters. The zero-order chi connectivity index (χ0) is 16.0. The molecule has 0 bridgehead atoms. The molecule has 1 aliphatic rings. The lowest BCUT2D eigenvalue weighted by atomic mass is 9.86. The average Bonchev–Trinajstić information content (AvgIpc) is 2.55. The first-order valence-corrected chi connectivity index (χ1v) is 8.45. The van der Waals surface area contributed by atoms with Crippen molar-refractivity contribution < 1.29 is 0 Å². The summed E-state index contributed by atoms with van der Waals surface area (Å²) >= 11 is 0. The van der Waals surface area contributed by atoms with Gasteiger partial charge in [-0.15, -0.1) is 4.90 Å². The van der Waals surface area contributed by atoms with Crippen molar-refractivity contribution in [3.05, 3.63) is 29.3 Å². The van der Waals surface area contributed by atoms with Gasteiger partial charge in [-0.1, -0.05) is 59.7 Å². The van der Waals surface area contributed by atoms with Gasteiger partial charge in [-0.05, 0) is 25.7 Å². The monoisotopic (exact) mass is 287 g/mol. The minimum atomic E-state index is 0.234. The molecule has 1 radical (unpaired) electrons. The minimum Gasteiger partial charge on any atom is -0.128 e. The molecule has 0 N–H and O–H groups in total. The second-order valence-corrected chi connectivity index (χ2v) is 8.83. The van der Waals surface area contributed by atoms with Gasteiger partial charge in [0.05, 0.1) is 0 Å². The van der Waals surface area contributed by atoms with Crippen molar-refractivity contribution in [1.82, 2.24) is 4.90 Å². The zero-order valence-electron chi connectivity index (χ0n) is 15.2. The SMILES string of the molecule is CC(C)c1cccc(C(C)C)c1[N+]1CC(C)(C)CC1(C)C.